The molecular weight excluding hydrogens is 892 g/mol. The zero-order valence-electron chi connectivity index (χ0n) is 37.9. The molecule has 0 unspecified atom stereocenters. The number of rotatable bonds is 18. The number of halogens is 1. The molecule has 0 bridgehead atoms. The number of carbonyl (C=O) groups is 5. The molecule has 9 rings (SSSR count). The Bertz CT molecular complexity index is 2820. The summed E-state index contributed by atoms with van der Waals surface area (Å²) in [6.45, 7) is 3.94. The minimum atomic E-state index is -0.596. The van der Waals surface area contributed by atoms with Gasteiger partial charge in [-0.3, -0.25) is 33.5 Å². The number of amides is 4. The second-order valence-corrected chi connectivity index (χ2v) is 18.2. The SMILES string of the molecule is CN[C@@H](C)C(=O)NCC(=O)N1CCC[C@H]1c1nc(C(=O)c2cccc(OCCCCC(=O)N3CCN(C(=O)c4ccc(Nc5nc(C6CC6)cn6c(-c7cn[nH]c7)cnc56)c(F)c4)CC3)c2)cs1. The maximum Gasteiger partial charge on any atom is 0.254 e. The largest absolute Gasteiger partial charge is 0.494 e. The number of unbranched alkanes of at least 4 members (excludes halogenated alkanes) is 1. The van der Waals surface area contributed by atoms with Crippen molar-refractivity contribution in [2.75, 3.05) is 58.2 Å². The maximum atomic E-state index is 15.6. The summed E-state index contributed by atoms with van der Waals surface area (Å²) in [4.78, 5) is 84.4. The molecule has 2 aromatic carbocycles. The Morgan fingerprint density at radius 2 is 1.76 bits per heavy atom. The van der Waals surface area contributed by atoms with Crippen molar-refractivity contribution in [3.05, 3.63) is 106 Å². The van der Waals surface area contributed by atoms with Crippen LogP contribution < -0.4 is 20.7 Å². The lowest BCUT2D eigenvalue weighted by Crippen LogP contribution is -2.50. The van der Waals surface area contributed by atoms with Gasteiger partial charge in [0.25, 0.3) is 5.91 Å². The van der Waals surface area contributed by atoms with Gasteiger partial charge < -0.3 is 35.4 Å². The molecule has 20 heteroatoms. The molecule has 68 heavy (non-hydrogen) atoms. The fourth-order valence-electron chi connectivity index (χ4n) is 8.51. The van der Waals surface area contributed by atoms with Crippen molar-refractivity contribution in [2.24, 2.45) is 0 Å². The third kappa shape index (κ3) is 10.2. The topological polar surface area (TPSA) is 212 Å². The Kier molecular flexibility index (Phi) is 13.8. The predicted octanol–water partition coefficient (Wildman–Crippen LogP) is 5.49. The lowest BCUT2D eigenvalue weighted by molar-refractivity contribution is -0.134. The summed E-state index contributed by atoms with van der Waals surface area (Å²) >= 11 is 1.34. The van der Waals surface area contributed by atoms with Crippen LogP contribution in [0.1, 0.15) is 101 Å². The van der Waals surface area contributed by atoms with E-state index >= 15 is 4.39 Å². The zero-order valence-corrected chi connectivity index (χ0v) is 38.7. The van der Waals surface area contributed by atoms with Crippen molar-refractivity contribution >= 4 is 57.9 Å². The van der Waals surface area contributed by atoms with Crippen LogP contribution in [0.4, 0.5) is 15.9 Å². The molecule has 18 nitrogen and oxygen atoms in total. The van der Waals surface area contributed by atoms with Crippen molar-refractivity contribution in [1.29, 1.82) is 0 Å². The number of nitrogens with zero attached hydrogens (tertiary/aromatic N) is 8. The van der Waals surface area contributed by atoms with E-state index in [0.717, 1.165) is 42.6 Å². The number of fused-ring (bicyclic) bond motifs is 1. The molecule has 4 aromatic heterocycles. The van der Waals surface area contributed by atoms with Crippen LogP contribution in [0.3, 0.4) is 0 Å². The quantitative estimate of drug-likeness (QED) is 0.0623. The highest BCUT2D eigenvalue weighted by Gasteiger charge is 2.33. The Morgan fingerprint density at radius 1 is 0.941 bits per heavy atom. The summed E-state index contributed by atoms with van der Waals surface area (Å²) in [7, 11) is 1.68. The number of thiazole rings is 1. The number of aromatic nitrogens is 6. The number of hydrogen-bond donors (Lipinski definition) is 4. The molecule has 0 radical (unpaired) electrons. The van der Waals surface area contributed by atoms with E-state index in [1.165, 1.54) is 17.4 Å². The van der Waals surface area contributed by atoms with Crippen LogP contribution in [-0.4, -0.2) is 133 Å². The lowest BCUT2D eigenvalue weighted by Gasteiger charge is -2.35. The lowest BCUT2D eigenvalue weighted by atomic mass is 10.1. The number of hydrogen-bond acceptors (Lipinski definition) is 13. The number of likely N-dealkylation sites (tertiary alicyclic amines) is 1. The molecule has 2 aliphatic heterocycles. The molecule has 0 spiro atoms. The standard InChI is InChI=1S/C48H53FN12O6S/c1-29(50-2)46(65)52-26-42(63)60-15-6-9-39(60)47-57-38(28-68-47)43(64)31-7-5-8-34(21-31)67-20-4-3-10-41(62)58-16-18-59(19-17-58)48(66)32-13-14-36(35(49)22-32)55-44-45-51-25-40(33-23-53-54-24-33)61(45)27-37(56-44)30-11-12-30/h5,7-8,13-14,21-25,27-30,39,50H,3-4,6,9-12,15-20,26H2,1-2H3,(H,52,65)(H,53,54)(H,55,56)/t29-,39-/m0/s1. The van der Waals surface area contributed by atoms with E-state index in [4.69, 9.17) is 9.72 Å². The number of aromatic amines is 1. The fraction of sp³-hybridized carbons (Fsp3) is 0.396. The van der Waals surface area contributed by atoms with Gasteiger partial charge in [0.05, 0.1) is 54.7 Å². The van der Waals surface area contributed by atoms with Crippen LogP contribution in [0.25, 0.3) is 16.9 Å². The highest BCUT2D eigenvalue weighted by atomic mass is 32.1. The van der Waals surface area contributed by atoms with Gasteiger partial charge in [0, 0.05) is 79.5 Å². The van der Waals surface area contributed by atoms with Crippen molar-refractivity contribution in [3.8, 4) is 17.0 Å². The van der Waals surface area contributed by atoms with E-state index < -0.39 is 11.9 Å². The molecule has 2 saturated heterocycles. The van der Waals surface area contributed by atoms with Crippen LogP contribution in [0.2, 0.25) is 0 Å². The van der Waals surface area contributed by atoms with Gasteiger partial charge >= 0.3 is 0 Å². The Balaban J connectivity index is 0.709. The Hall–Kier alpha value is -7.06. The first kappa shape index (κ1) is 46.1. The van der Waals surface area contributed by atoms with E-state index in [-0.39, 0.29) is 53.2 Å². The predicted molar refractivity (Wildman–Crippen MR) is 251 cm³/mol. The number of likely N-dealkylation sites (N-methyl/N-ethyl adjacent to an activating group) is 1. The number of piperazine rings is 1. The van der Waals surface area contributed by atoms with Gasteiger partial charge in [0.15, 0.2) is 11.5 Å². The van der Waals surface area contributed by atoms with Crippen LogP contribution in [0.5, 0.6) is 5.75 Å². The normalized spacial score (nSPS) is 16.5. The Morgan fingerprint density at radius 3 is 2.53 bits per heavy atom. The number of imidazole rings is 1. The molecule has 3 aliphatic rings. The average Bonchev–Trinajstić information content (AvgIpc) is 3.80. The molecule has 6 aromatic rings. The number of anilines is 2. The summed E-state index contributed by atoms with van der Waals surface area (Å²) in [6, 6.07) is 10.6. The first-order chi connectivity index (χ1) is 33.0. The van der Waals surface area contributed by atoms with E-state index in [1.54, 1.807) is 89.0 Å². The van der Waals surface area contributed by atoms with Crippen molar-refractivity contribution in [1.82, 2.24) is 54.9 Å². The van der Waals surface area contributed by atoms with Gasteiger partial charge in [0.1, 0.15) is 22.3 Å². The van der Waals surface area contributed by atoms with Crippen LogP contribution in [-0.2, 0) is 14.4 Å². The highest BCUT2D eigenvalue weighted by molar-refractivity contribution is 7.10. The third-order valence-electron chi connectivity index (χ3n) is 12.7. The molecule has 6 heterocycles. The smallest absolute Gasteiger partial charge is 0.254 e. The Labute approximate surface area is 395 Å². The average molecular weight is 945 g/mol. The number of H-pyrrole nitrogens is 1. The molecule has 1 aliphatic carbocycles. The van der Waals surface area contributed by atoms with Gasteiger partial charge in [-0.1, -0.05) is 12.1 Å². The van der Waals surface area contributed by atoms with Gasteiger partial charge in [-0.25, -0.2) is 19.3 Å². The van der Waals surface area contributed by atoms with Crippen molar-refractivity contribution in [3.63, 3.8) is 0 Å². The van der Waals surface area contributed by atoms with E-state index in [0.29, 0.717) is 98.0 Å². The molecule has 4 amide bonds. The minimum absolute atomic E-state index is 0.00681. The second-order valence-electron chi connectivity index (χ2n) is 17.3. The number of ketones is 1. The van der Waals surface area contributed by atoms with E-state index in [2.05, 4.69) is 36.1 Å². The summed E-state index contributed by atoms with van der Waals surface area (Å²) in [6.07, 6.45) is 12.3. The first-order valence-corrected chi connectivity index (χ1v) is 23.9. The van der Waals surface area contributed by atoms with E-state index in [1.807, 2.05) is 10.6 Å². The number of ether oxygens (including phenoxy) is 1. The second kappa shape index (κ2) is 20.4. The van der Waals surface area contributed by atoms with Gasteiger partial charge in [0.2, 0.25) is 23.5 Å². The van der Waals surface area contributed by atoms with Crippen LogP contribution in [0, 0.1) is 5.82 Å². The van der Waals surface area contributed by atoms with Gasteiger partial charge in [-0.05, 0) is 82.8 Å². The molecule has 3 fully saturated rings. The fourth-order valence-corrected chi connectivity index (χ4v) is 9.45. The van der Waals surface area contributed by atoms with Gasteiger partial charge in [-0.15, -0.1) is 11.3 Å². The van der Waals surface area contributed by atoms with Gasteiger partial charge in [-0.2, -0.15) is 5.10 Å². The maximum absolute atomic E-state index is 15.6. The zero-order chi connectivity index (χ0) is 47.3. The summed E-state index contributed by atoms with van der Waals surface area (Å²) < 4.78 is 23.5. The molecular formula is C48H53FN12O6S. The van der Waals surface area contributed by atoms with Crippen LogP contribution in [0.15, 0.2) is 72.6 Å². The molecule has 1 saturated carbocycles. The third-order valence-corrected chi connectivity index (χ3v) is 13.6. The number of nitrogens with one attached hydrogen (secondary N) is 4. The van der Waals surface area contributed by atoms with Crippen molar-refractivity contribution in [2.45, 2.75) is 69.9 Å². The number of carbonyl (C=O) groups excluding carboxylic acids is 5. The summed E-state index contributed by atoms with van der Waals surface area (Å²) in [5.74, 6) is -0.330. The van der Waals surface area contributed by atoms with Crippen LogP contribution >= 0.6 is 11.3 Å². The minimum Gasteiger partial charge on any atom is -0.494 e. The molecule has 354 valence electrons. The first-order valence-electron chi connectivity index (χ1n) is 23.0. The summed E-state index contributed by atoms with van der Waals surface area (Å²) in [5, 5.41) is 17.9. The highest BCUT2D eigenvalue weighted by Crippen LogP contribution is 2.41. The molecule has 4 N–H and O–H groups in total. The van der Waals surface area contributed by atoms with Crippen molar-refractivity contribution < 1.29 is 33.1 Å². The molecule has 2 atom stereocenters. The number of benzene rings is 2. The van der Waals surface area contributed by atoms with E-state index in [9.17, 15) is 24.0 Å². The summed E-state index contributed by atoms with van der Waals surface area (Å²) in [5.41, 5.74) is 4.23. The monoisotopic (exact) mass is 944 g/mol.